The molecule has 2 heterocycles. The zero-order valence-electron chi connectivity index (χ0n) is 26.5. The van der Waals surface area contributed by atoms with E-state index in [1.54, 1.807) is 56.4 Å². The van der Waals surface area contributed by atoms with Gasteiger partial charge in [-0.25, -0.2) is 4.79 Å². The first-order chi connectivity index (χ1) is 22.4. The number of ether oxygens (including phenoxy) is 1. The van der Waals surface area contributed by atoms with Crippen LogP contribution in [0.15, 0.2) is 79.5 Å². The van der Waals surface area contributed by atoms with Crippen LogP contribution in [-0.4, -0.2) is 74.9 Å². The molecule has 47 heavy (non-hydrogen) atoms. The van der Waals surface area contributed by atoms with Crippen LogP contribution in [0.2, 0.25) is 0 Å². The highest BCUT2D eigenvalue weighted by atomic mass is 16.5. The quantitative estimate of drug-likeness (QED) is 0.219. The van der Waals surface area contributed by atoms with Gasteiger partial charge in [-0.05, 0) is 36.1 Å². The van der Waals surface area contributed by atoms with Crippen LogP contribution < -0.4 is 20.7 Å². The largest absolute Gasteiger partial charge is 0.488 e. The maximum atomic E-state index is 14.3. The number of hydrogen-bond acceptors (Lipinski definition) is 7. The van der Waals surface area contributed by atoms with E-state index in [0.29, 0.717) is 16.8 Å². The van der Waals surface area contributed by atoms with E-state index in [1.807, 2.05) is 24.3 Å². The lowest BCUT2D eigenvalue weighted by Gasteiger charge is -2.32. The number of benzene rings is 2. The van der Waals surface area contributed by atoms with Crippen LogP contribution >= 0.6 is 0 Å². The van der Waals surface area contributed by atoms with Crippen molar-refractivity contribution in [2.24, 2.45) is 11.8 Å². The SMILES string of the molecule is C=C[C@@H]1C[C@]1(NC(=O)[C@@H]1C[C@@H](Oc2ccnc3ccccc23)CN1C(=O)[C@@H](NC(=O)[C@@H](NC(C)=O)c1ccccc1)C(C)C)C(=O)O. The van der Waals surface area contributed by atoms with Gasteiger partial charge in [0.15, 0.2) is 0 Å². The Morgan fingerprint density at radius 1 is 1.04 bits per heavy atom. The maximum Gasteiger partial charge on any atom is 0.330 e. The third-order valence-electron chi connectivity index (χ3n) is 8.75. The second-order valence-corrected chi connectivity index (χ2v) is 12.4. The van der Waals surface area contributed by atoms with Gasteiger partial charge in [0.05, 0.1) is 12.1 Å². The zero-order valence-corrected chi connectivity index (χ0v) is 26.5. The molecule has 2 aliphatic rings. The van der Waals surface area contributed by atoms with Crippen molar-refractivity contribution < 1.29 is 33.8 Å². The summed E-state index contributed by atoms with van der Waals surface area (Å²) in [5, 5.41) is 18.8. The van der Waals surface area contributed by atoms with Gasteiger partial charge in [0.1, 0.15) is 35.5 Å². The number of amides is 4. The fourth-order valence-corrected chi connectivity index (χ4v) is 6.12. The Kier molecular flexibility index (Phi) is 9.59. The summed E-state index contributed by atoms with van der Waals surface area (Å²) in [6, 6.07) is 14.6. The Balaban J connectivity index is 1.42. The number of nitrogens with zero attached hydrogens (tertiary/aromatic N) is 2. The van der Waals surface area contributed by atoms with E-state index in [4.69, 9.17) is 4.74 Å². The molecule has 2 fully saturated rings. The summed E-state index contributed by atoms with van der Waals surface area (Å²) in [5.41, 5.74) is -0.250. The van der Waals surface area contributed by atoms with Crippen LogP contribution in [0.3, 0.4) is 0 Å². The molecule has 4 N–H and O–H groups in total. The second-order valence-electron chi connectivity index (χ2n) is 12.4. The normalized spacial score (nSPS) is 23.0. The van der Waals surface area contributed by atoms with E-state index in [1.165, 1.54) is 17.9 Å². The Morgan fingerprint density at radius 2 is 1.74 bits per heavy atom. The van der Waals surface area contributed by atoms with E-state index >= 15 is 0 Å². The average molecular weight is 642 g/mol. The van der Waals surface area contributed by atoms with Gasteiger partial charge in [-0.3, -0.25) is 24.2 Å². The Morgan fingerprint density at radius 3 is 2.38 bits per heavy atom. The molecule has 1 saturated heterocycles. The fourth-order valence-electron chi connectivity index (χ4n) is 6.12. The predicted molar refractivity (Wildman–Crippen MR) is 173 cm³/mol. The van der Waals surface area contributed by atoms with E-state index in [-0.39, 0.29) is 19.4 Å². The molecule has 1 aromatic heterocycles. The molecular weight excluding hydrogens is 602 g/mol. The van der Waals surface area contributed by atoms with Crippen LogP contribution in [-0.2, 0) is 24.0 Å². The lowest BCUT2D eigenvalue weighted by Crippen LogP contribution is -2.58. The van der Waals surface area contributed by atoms with Crippen LogP contribution in [0, 0.1) is 11.8 Å². The first-order valence-electron chi connectivity index (χ1n) is 15.6. The minimum Gasteiger partial charge on any atom is -0.488 e. The predicted octanol–water partition coefficient (Wildman–Crippen LogP) is 2.75. The number of rotatable bonds is 12. The van der Waals surface area contributed by atoms with Crippen molar-refractivity contribution in [3.05, 3.63) is 85.1 Å². The van der Waals surface area contributed by atoms with Crippen LogP contribution in [0.25, 0.3) is 10.9 Å². The number of hydrogen-bond donors (Lipinski definition) is 4. The molecule has 246 valence electrons. The van der Waals surface area contributed by atoms with Crippen molar-refractivity contribution in [3.8, 4) is 5.75 Å². The number of carbonyl (C=O) groups excluding carboxylic acids is 4. The number of carbonyl (C=O) groups is 5. The average Bonchev–Trinajstić information content (AvgIpc) is 3.62. The van der Waals surface area contributed by atoms with Crippen molar-refractivity contribution >= 4 is 40.5 Å². The standard InChI is InChI=1S/C35H39N5O7/c1-5-23-18-35(23,34(45)46)39-31(42)27-17-24(47-28-15-16-36-26-14-10-9-13-25(26)28)19-40(27)33(44)29(20(2)3)38-32(43)30(37-21(4)41)22-11-7-6-8-12-22/h5-16,20,23-24,27,29-30H,1,17-19H2,2-4H3,(H,37,41)(H,38,43)(H,39,42)(H,45,46)/t23-,24-,27+,29+,30+,35-/m1/s1. The highest BCUT2D eigenvalue weighted by Gasteiger charge is 2.61. The van der Waals surface area contributed by atoms with E-state index in [0.717, 1.165) is 5.39 Å². The summed E-state index contributed by atoms with van der Waals surface area (Å²) < 4.78 is 6.36. The van der Waals surface area contributed by atoms with Crippen molar-refractivity contribution in [3.63, 3.8) is 0 Å². The zero-order chi connectivity index (χ0) is 33.9. The van der Waals surface area contributed by atoms with Crippen LogP contribution in [0.5, 0.6) is 5.75 Å². The molecular formula is C35H39N5O7. The Labute approximate surface area is 272 Å². The number of carboxylic acids is 1. The minimum absolute atomic E-state index is 0.00539. The Bertz CT molecular complexity index is 1690. The van der Waals surface area contributed by atoms with E-state index in [9.17, 15) is 29.1 Å². The molecule has 0 radical (unpaired) electrons. The van der Waals surface area contributed by atoms with Crippen molar-refractivity contribution in [2.75, 3.05) is 6.54 Å². The summed E-state index contributed by atoms with van der Waals surface area (Å²) in [6.07, 6.45) is 2.75. The molecule has 4 amide bonds. The van der Waals surface area contributed by atoms with Crippen LogP contribution in [0.1, 0.15) is 45.2 Å². The van der Waals surface area contributed by atoms with Crippen molar-refractivity contribution in [1.29, 1.82) is 0 Å². The van der Waals surface area contributed by atoms with Crippen molar-refractivity contribution in [2.45, 2.75) is 63.4 Å². The van der Waals surface area contributed by atoms with Gasteiger partial charge < -0.3 is 30.7 Å². The fraction of sp³-hybridized carbons (Fsp3) is 0.371. The third kappa shape index (κ3) is 6.96. The maximum absolute atomic E-state index is 14.3. The van der Waals surface area contributed by atoms with Gasteiger partial charge >= 0.3 is 5.97 Å². The molecule has 0 unspecified atom stereocenters. The summed E-state index contributed by atoms with van der Waals surface area (Å²) in [7, 11) is 0. The monoisotopic (exact) mass is 641 g/mol. The third-order valence-corrected chi connectivity index (χ3v) is 8.75. The van der Waals surface area contributed by atoms with Crippen LogP contribution in [0.4, 0.5) is 0 Å². The number of carboxylic acid groups (broad SMARTS) is 1. The molecule has 6 atom stereocenters. The summed E-state index contributed by atoms with van der Waals surface area (Å²) >= 11 is 0. The number of aliphatic carboxylic acids is 1. The first-order valence-corrected chi connectivity index (χ1v) is 15.6. The van der Waals surface area contributed by atoms with Gasteiger partial charge in [0, 0.05) is 30.8 Å². The number of nitrogens with one attached hydrogen (secondary N) is 3. The smallest absolute Gasteiger partial charge is 0.330 e. The van der Waals surface area contributed by atoms with E-state index < -0.39 is 71.2 Å². The number of fused-ring (bicyclic) bond motifs is 1. The number of likely N-dealkylation sites (tertiary alicyclic amines) is 1. The topological polar surface area (TPSA) is 167 Å². The van der Waals surface area contributed by atoms with Gasteiger partial charge in [-0.2, -0.15) is 0 Å². The minimum atomic E-state index is -1.50. The van der Waals surface area contributed by atoms with Gasteiger partial charge in [-0.15, -0.1) is 6.58 Å². The highest BCUT2D eigenvalue weighted by Crippen LogP contribution is 2.45. The lowest BCUT2D eigenvalue weighted by molar-refractivity contribution is -0.146. The molecule has 5 rings (SSSR count). The summed E-state index contributed by atoms with van der Waals surface area (Å²) in [4.78, 5) is 71.7. The highest BCUT2D eigenvalue weighted by molar-refractivity contribution is 5.97. The Hall–Kier alpha value is -5.26. The second kappa shape index (κ2) is 13.6. The molecule has 1 saturated carbocycles. The van der Waals surface area contributed by atoms with Gasteiger partial charge in [-0.1, -0.05) is 62.4 Å². The number of aromatic nitrogens is 1. The molecule has 2 aromatic carbocycles. The van der Waals surface area contributed by atoms with E-state index in [2.05, 4.69) is 27.5 Å². The van der Waals surface area contributed by atoms with Gasteiger partial charge in [0.2, 0.25) is 23.6 Å². The molecule has 12 heteroatoms. The molecule has 0 bridgehead atoms. The lowest BCUT2D eigenvalue weighted by atomic mass is 10.00. The molecule has 12 nitrogen and oxygen atoms in total. The molecule has 1 aliphatic carbocycles. The number of pyridine rings is 1. The first kappa shape index (κ1) is 33.1. The molecule has 0 spiro atoms. The van der Waals surface area contributed by atoms with Crippen molar-refractivity contribution in [1.82, 2.24) is 25.8 Å². The van der Waals surface area contributed by atoms with Gasteiger partial charge in [0.25, 0.3) is 0 Å². The summed E-state index contributed by atoms with van der Waals surface area (Å²) in [5.74, 6) is -3.69. The summed E-state index contributed by atoms with van der Waals surface area (Å²) in [6.45, 7) is 8.52. The molecule has 1 aliphatic heterocycles. The number of para-hydroxylation sites is 1. The molecule has 3 aromatic rings.